The summed E-state index contributed by atoms with van der Waals surface area (Å²) in [4.78, 5) is 29.0. The molecule has 0 heterocycles. The van der Waals surface area contributed by atoms with Gasteiger partial charge in [0, 0.05) is 27.2 Å². The number of benzene rings is 1. The number of hydrogen-bond acceptors (Lipinski definition) is 5. The molecule has 0 fully saturated rings. The third kappa shape index (κ3) is 7.85. The predicted octanol–water partition coefficient (Wildman–Crippen LogP) is 2.83. The Hall–Kier alpha value is -2.97. The van der Waals surface area contributed by atoms with Crippen molar-refractivity contribution in [2.75, 3.05) is 30.9 Å². The summed E-state index contributed by atoms with van der Waals surface area (Å²) in [6.07, 6.45) is -1.71. The summed E-state index contributed by atoms with van der Waals surface area (Å²) < 4.78 is 5.26. The Balaban J connectivity index is 3.08. The van der Waals surface area contributed by atoms with Gasteiger partial charge in [0.1, 0.15) is 5.60 Å². The highest BCUT2D eigenvalue weighted by Crippen LogP contribution is 2.28. The first-order chi connectivity index (χ1) is 12.5. The van der Waals surface area contributed by atoms with E-state index in [9.17, 15) is 9.59 Å². The Morgan fingerprint density at radius 3 is 2.44 bits per heavy atom. The summed E-state index contributed by atoms with van der Waals surface area (Å²) in [5.74, 6) is 0.248. The van der Waals surface area contributed by atoms with Gasteiger partial charge in [-0.1, -0.05) is 12.1 Å². The standard InChI is InChI=1S/C18H29N5O4/c1-7-19-15(22-17(26)27-18(2,3)4)21-13-10-8-9-12(11-20-16(24)25)14(13)23(5)6/h8-10,20H,7,11H2,1-6H3,(H,24,25)(H2,19,21,22,26). The van der Waals surface area contributed by atoms with E-state index >= 15 is 0 Å². The molecule has 4 N–H and O–H groups in total. The van der Waals surface area contributed by atoms with Crippen LogP contribution in [0.3, 0.4) is 0 Å². The van der Waals surface area contributed by atoms with Crippen LogP contribution in [0.25, 0.3) is 0 Å². The molecular weight excluding hydrogens is 350 g/mol. The van der Waals surface area contributed by atoms with Gasteiger partial charge < -0.3 is 25.4 Å². The Kier molecular flexibility index (Phi) is 7.89. The van der Waals surface area contributed by atoms with Gasteiger partial charge in [-0.25, -0.2) is 9.59 Å². The van der Waals surface area contributed by atoms with E-state index in [4.69, 9.17) is 9.84 Å². The molecule has 0 spiro atoms. The normalized spacial score (nSPS) is 11.6. The minimum absolute atomic E-state index is 0.151. The molecule has 0 aliphatic rings. The van der Waals surface area contributed by atoms with E-state index in [0.717, 1.165) is 11.3 Å². The minimum Gasteiger partial charge on any atom is -0.465 e. The summed E-state index contributed by atoms with van der Waals surface area (Å²) in [6, 6.07) is 5.45. The molecule has 0 aliphatic carbocycles. The van der Waals surface area contributed by atoms with Crippen molar-refractivity contribution in [1.82, 2.24) is 10.6 Å². The van der Waals surface area contributed by atoms with Gasteiger partial charge in [-0.2, -0.15) is 0 Å². The van der Waals surface area contributed by atoms with Gasteiger partial charge in [0.2, 0.25) is 5.96 Å². The lowest BCUT2D eigenvalue weighted by molar-refractivity contribution is 0.0563. The number of aliphatic imine (C=N–C) groups is 1. The number of guanidine groups is 1. The van der Waals surface area contributed by atoms with Crippen LogP contribution in [0.4, 0.5) is 21.0 Å². The van der Waals surface area contributed by atoms with E-state index < -0.39 is 17.8 Å². The van der Waals surface area contributed by atoms with E-state index in [1.807, 2.05) is 38.1 Å². The van der Waals surface area contributed by atoms with Crippen molar-refractivity contribution in [2.45, 2.75) is 39.8 Å². The first-order valence-corrected chi connectivity index (χ1v) is 8.61. The van der Waals surface area contributed by atoms with Gasteiger partial charge in [0.25, 0.3) is 0 Å². The fourth-order valence-electron chi connectivity index (χ4n) is 2.33. The zero-order chi connectivity index (χ0) is 20.6. The molecule has 0 radical (unpaired) electrons. The fraction of sp³-hybridized carbons (Fsp3) is 0.500. The lowest BCUT2D eigenvalue weighted by Gasteiger charge is -2.24. The van der Waals surface area contributed by atoms with Gasteiger partial charge in [-0.15, -0.1) is 0 Å². The molecule has 0 unspecified atom stereocenters. The first-order valence-electron chi connectivity index (χ1n) is 8.61. The third-order valence-corrected chi connectivity index (χ3v) is 3.19. The quantitative estimate of drug-likeness (QED) is 0.462. The summed E-state index contributed by atoms with van der Waals surface area (Å²) in [7, 11) is 3.70. The number of carbonyl (C=O) groups is 2. The predicted molar refractivity (Wildman–Crippen MR) is 107 cm³/mol. The van der Waals surface area contributed by atoms with Crippen LogP contribution in [0, 0.1) is 0 Å². The van der Waals surface area contributed by atoms with E-state index in [-0.39, 0.29) is 12.5 Å². The van der Waals surface area contributed by atoms with Crippen LogP contribution in [-0.2, 0) is 11.3 Å². The van der Waals surface area contributed by atoms with Crippen LogP contribution in [0.5, 0.6) is 0 Å². The van der Waals surface area contributed by atoms with Crippen molar-refractivity contribution in [3.63, 3.8) is 0 Å². The number of nitrogens with zero attached hydrogens (tertiary/aromatic N) is 2. The Labute approximate surface area is 159 Å². The number of carboxylic acid groups (broad SMARTS) is 1. The number of para-hydroxylation sites is 1. The maximum Gasteiger partial charge on any atom is 0.414 e. The molecule has 0 aromatic heterocycles. The van der Waals surface area contributed by atoms with Crippen LogP contribution < -0.4 is 20.9 Å². The number of carbonyl (C=O) groups excluding carboxylic acids is 1. The molecule has 9 nitrogen and oxygen atoms in total. The lowest BCUT2D eigenvalue weighted by atomic mass is 10.1. The summed E-state index contributed by atoms with van der Waals surface area (Å²) in [5.41, 5.74) is 1.60. The van der Waals surface area contributed by atoms with Crippen LogP contribution in [0.2, 0.25) is 0 Å². The minimum atomic E-state index is -1.10. The summed E-state index contributed by atoms with van der Waals surface area (Å²) in [6.45, 7) is 7.78. The molecule has 150 valence electrons. The van der Waals surface area contributed by atoms with Gasteiger partial charge in [0.05, 0.1) is 11.4 Å². The van der Waals surface area contributed by atoms with Crippen LogP contribution in [-0.4, -0.2) is 49.5 Å². The molecule has 1 rings (SSSR count). The van der Waals surface area contributed by atoms with Gasteiger partial charge in [-0.05, 0) is 39.3 Å². The number of amides is 2. The van der Waals surface area contributed by atoms with Gasteiger partial charge in [0.15, 0.2) is 0 Å². The number of hydrogen-bond donors (Lipinski definition) is 4. The molecule has 27 heavy (non-hydrogen) atoms. The number of alkyl carbamates (subject to hydrolysis) is 1. The molecule has 2 amide bonds. The van der Waals surface area contributed by atoms with Crippen LogP contribution >= 0.6 is 0 Å². The first kappa shape index (κ1) is 22.1. The highest BCUT2D eigenvalue weighted by molar-refractivity contribution is 6.04. The zero-order valence-electron chi connectivity index (χ0n) is 16.7. The topological polar surface area (TPSA) is 115 Å². The number of nitrogens with one attached hydrogen (secondary N) is 3. The molecule has 0 saturated carbocycles. The van der Waals surface area contributed by atoms with Crippen molar-refractivity contribution in [3.8, 4) is 0 Å². The number of anilines is 2. The second-order valence-corrected chi connectivity index (χ2v) is 6.94. The highest BCUT2D eigenvalue weighted by atomic mass is 16.6. The van der Waals surface area contributed by atoms with E-state index in [1.54, 1.807) is 26.8 Å². The molecular formula is C18H29N5O4. The SMILES string of the molecule is CCN=C(NC(=O)OC(C)(C)C)Nc1cccc(CNC(=O)O)c1N(C)C. The third-order valence-electron chi connectivity index (χ3n) is 3.19. The van der Waals surface area contributed by atoms with Crippen LogP contribution in [0.1, 0.15) is 33.3 Å². The Bertz CT molecular complexity index is 695. The zero-order valence-corrected chi connectivity index (χ0v) is 16.7. The van der Waals surface area contributed by atoms with E-state index in [1.165, 1.54) is 0 Å². The largest absolute Gasteiger partial charge is 0.465 e. The van der Waals surface area contributed by atoms with Crippen molar-refractivity contribution < 1.29 is 19.4 Å². The number of rotatable bonds is 5. The fourth-order valence-corrected chi connectivity index (χ4v) is 2.33. The molecule has 0 aliphatic heterocycles. The van der Waals surface area contributed by atoms with Crippen molar-refractivity contribution >= 4 is 29.5 Å². The van der Waals surface area contributed by atoms with Crippen molar-refractivity contribution in [1.29, 1.82) is 0 Å². The van der Waals surface area contributed by atoms with Gasteiger partial charge >= 0.3 is 12.2 Å². The Morgan fingerprint density at radius 1 is 1.26 bits per heavy atom. The maximum atomic E-state index is 12.1. The monoisotopic (exact) mass is 379 g/mol. The van der Waals surface area contributed by atoms with Crippen LogP contribution in [0.15, 0.2) is 23.2 Å². The van der Waals surface area contributed by atoms with Crippen molar-refractivity contribution in [3.05, 3.63) is 23.8 Å². The summed E-state index contributed by atoms with van der Waals surface area (Å²) in [5, 5.41) is 16.9. The summed E-state index contributed by atoms with van der Waals surface area (Å²) >= 11 is 0. The molecule has 1 aromatic rings. The second kappa shape index (κ2) is 9.65. The van der Waals surface area contributed by atoms with Gasteiger partial charge in [-0.3, -0.25) is 10.3 Å². The molecule has 9 heteroatoms. The average molecular weight is 379 g/mol. The lowest BCUT2D eigenvalue weighted by Crippen LogP contribution is -2.40. The Morgan fingerprint density at radius 2 is 1.93 bits per heavy atom. The van der Waals surface area contributed by atoms with E-state index in [0.29, 0.717) is 12.2 Å². The smallest absolute Gasteiger partial charge is 0.414 e. The average Bonchev–Trinajstić information content (AvgIpc) is 2.50. The highest BCUT2D eigenvalue weighted by Gasteiger charge is 2.19. The number of ether oxygens (including phenoxy) is 1. The van der Waals surface area contributed by atoms with Crippen molar-refractivity contribution in [2.24, 2.45) is 4.99 Å². The maximum absolute atomic E-state index is 12.1. The molecule has 0 bridgehead atoms. The second-order valence-electron chi connectivity index (χ2n) is 6.94. The molecule has 0 atom stereocenters. The molecule has 0 saturated heterocycles. The van der Waals surface area contributed by atoms with E-state index in [2.05, 4.69) is 20.9 Å². The molecule has 1 aromatic carbocycles.